The Bertz CT molecular complexity index is 692. The second-order valence-corrected chi connectivity index (χ2v) is 6.77. The van der Waals surface area contributed by atoms with E-state index in [-0.39, 0.29) is 6.10 Å². The first-order chi connectivity index (χ1) is 13.3. The van der Waals surface area contributed by atoms with Gasteiger partial charge >= 0.3 is 0 Å². The van der Waals surface area contributed by atoms with Crippen molar-refractivity contribution in [3.63, 3.8) is 0 Å². The molecule has 2 aromatic carbocycles. The topological polar surface area (TPSA) is 49.0 Å². The van der Waals surface area contributed by atoms with E-state index in [1.54, 1.807) is 14.2 Å². The second kappa shape index (κ2) is 10.3. The largest absolute Gasteiger partial charge is 0.497 e. The van der Waals surface area contributed by atoms with Crippen LogP contribution in [-0.2, 0) is 22.6 Å². The van der Waals surface area contributed by atoms with Gasteiger partial charge in [0.25, 0.3) is 0 Å². The number of nitrogens with one attached hydrogen (secondary N) is 1. The normalized spacial score (nSPS) is 19.6. The van der Waals surface area contributed by atoms with E-state index in [4.69, 9.17) is 18.9 Å². The number of benzene rings is 2. The van der Waals surface area contributed by atoms with Gasteiger partial charge in [0.2, 0.25) is 0 Å². The predicted octanol–water partition coefficient (Wildman–Crippen LogP) is 3.56. The Morgan fingerprint density at radius 1 is 1.07 bits per heavy atom. The molecule has 5 heteroatoms. The van der Waals surface area contributed by atoms with Crippen molar-refractivity contribution in [2.24, 2.45) is 0 Å². The molecule has 0 saturated carbocycles. The summed E-state index contributed by atoms with van der Waals surface area (Å²) < 4.78 is 22.5. The molecule has 1 aliphatic heterocycles. The van der Waals surface area contributed by atoms with E-state index >= 15 is 0 Å². The van der Waals surface area contributed by atoms with Crippen molar-refractivity contribution >= 4 is 0 Å². The predicted molar refractivity (Wildman–Crippen MR) is 105 cm³/mol. The van der Waals surface area contributed by atoms with Crippen LogP contribution >= 0.6 is 0 Å². The van der Waals surface area contributed by atoms with Gasteiger partial charge < -0.3 is 24.3 Å². The molecular weight excluding hydrogens is 342 g/mol. The van der Waals surface area contributed by atoms with Gasteiger partial charge in [0.05, 0.1) is 33.5 Å². The molecule has 2 atom stereocenters. The van der Waals surface area contributed by atoms with Crippen LogP contribution in [0.4, 0.5) is 0 Å². The summed E-state index contributed by atoms with van der Waals surface area (Å²) in [5.74, 6) is 1.65. The van der Waals surface area contributed by atoms with Gasteiger partial charge in [0.15, 0.2) is 0 Å². The Hall–Kier alpha value is -2.08. The van der Waals surface area contributed by atoms with Crippen LogP contribution in [0.15, 0.2) is 48.5 Å². The maximum atomic E-state index is 5.87. The molecule has 1 saturated heterocycles. The van der Waals surface area contributed by atoms with Crippen molar-refractivity contribution in [1.82, 2.24) is 5.32 Å². The summed E-state index contributed by atoms with van der Waals surface area (Å²) in [5.41, 5.74) is 2.32. The van der Waals surface area contributed by atoms with Gasteiger partial charge in [-0.3, -0.25) is 0 Å². The molecule has 0 radical (unpaired) electrons. The molecule has 1 aliphatic rings. The quantitative estimate of drug-likeness (QED) is 0.730. The molecule has 0 aromatic heterocycles. The number of hydrogen-bond acceptors (Lipinski definition) is 5. The Morgan fingerprint density at radius 2 is 1.93 bits per heavy atom. The van der Waals surface area contributed by atoms with Gasteiger partial charge in [0.1, 0.15) is 11.5 Å². The van der Waals surface area contributed by atoms with Crippen LogP contribution in [0.3, 0.4) is 0 Å². The van der Waals surface area contributed by atoms with Crippen molar-refractivity contribution in [2.75, 3.05) is 27.4 Å². The fourth-order valence-corrected chi connectivity index (χ4v) is 3.32. The number of methoxy groups -OCH3 is 2. The lowest BCUT2D eigenvalue weighted by molar-refractivity contribution is -0.0537. The van der Waals surface area contributed by atoms with E-state index in [1.807, 2.05) is 36.4 Å². The zero-order chi connectivity index (χ0) is 18.9. The molecule has 0 bridgehead atoms. The van der Waals surface area contributed by atoms with Crippen LogP contribution in [0.2, 0.25) is 0 Å². The summed E-state index contributed by atoms with van der Waals surface area (Å²) in [6.07, 6.45) is 2.10. The van der Waals surface area contributed by atoms with Crippen LogP contribution in [0.5, 0.6) is 11.5 Å². The third-order valence-corrected chi connectivity index (χ3v) is 4.86. The van der Waals surface area contributed by atoms with Gasteiger partial charge in [-0.1, -0.05) is 36.4 Å². The standard InChI is InChI=1S/C22H29NO4/c1-24-20-9-8-18(22(13-20)25-2)14-23-19-10-11-27-21(12-19)16-26-15-17-6-4-3-5-7-17/h3-9,13,19,21,23H,10-12,14-16H2,1-2H3. The van der Waals surface area contributed by atoms with Crippen molar-refractivity contribution < 1.29 is 18.9 Å². The highest BCUT2D eigenvalue weighted by Crippen LogP contribution is 2.25. The number of hydrogen-bond donors (Lipinski definition) is 1. The maximum absolute atomic E-state index is 5.87. The van der Waals surface area contributed by atoms with Crippen molar-refractivity contribution in [3.8, 4) is 11.5 Å². The highest BCUT2D eigenvalue weighted by molar-refractivity contribution is 5.40. The monoisotopic (exact) mass is 371 g/mol. The third kappa shape index (κ3) is 5.96. The number of rotatable bonds is 9. The lowest BCUT2D eigenvalue weighted by Crippen LogP contribution is -2.40. The highest BCUT2D eigenvalue weighted by atomic mass is 16.5. The third-order valence-electron chi connectivity index (χ3n) is 4.86. The van der Waals surface area contributed by atoms with E-state index in [9.17, 15) is 0 Å². The van der Waals surface area contributed by atoms with Crippen LogP contribution in [0.1, 0.15) is 24.0 Å². The average Bonchev–Trinajstić information content (AvgIpc) is 2.73. The van der Waals surface area contributed by atoms with Gasteiger partial charge in [-0.05, 0) is 24.5 Å². The van der Waals surface area contributed by atoms with Crippen LogP contribution < -0.4 is 14.8 Å². The average molecular weight is 371 g/mol. The van der Waals surface area contributed by atoms with E-state index in [0.29, 0.717) is 19.3 Å². The minimum absolute atomic E-state index is 0.137. The molecule has 1 heterocycles. The SMILES string of the molecule is COc1ccc(CNC2CCOC(COCc3ccccc3)C2)c(OC)c1. The zero-order valence-electron chi connectivity index (χ0n) is 16.1. The molecule has 1 fully saturated rings. The van der Waals surface area contributed by atoms with Crippen molar-refractivity contribution in [1.29, 1.82) is 0 Å². The lowest BCUT2D eigenvalue weighted by atomic mass is 10.0. The van der Waals surface area contributed by atoms with Crippen molar-refractivity contribution in [2.45, 2.75) is 38.1 Å². The first-order valence-corrected chi connectivity index (χ1v) is 9.46. The van der Waals surface area contributed by atoms with Crippen LogP contribution in [-0.4, -0.2) is 39.6 Å². The molecule has 0 aliphatic carbocycles. The minimum atomic E-state index is 0.137. The molecule has 146 valence electrons. The smallest absolute Gasteiger partial charge is 0.127 e. The molecule has 0 amide bonds. The van der Waals surface area contributed by atoms with Crippen LogP contribution in [0.25, 0.3) is 0 Å². The van der Waals surface area contributed by atoms with E-state index in [2.05, 4.69) is 17.4 Å². The van der Waals surface area contributed by atoms with Crippen LogP contribution in [0, 0.1) is 0 Å². The van der Waals surface area contributed by atoms with Gasteiger partial charge in [0, 0.05) is 30.8 Å². The van der Waals surface area contributed by atoms with E-state index in [1.165, 1.54) is 5.56 Å². The fourth-order valence-electron chi connectivity index (χ4n) is 3.32. The first kappa shape index (κ1) is 19.7. The van der Waals surface area contributed by atoms with E-state index in [0.717, 1.165) is 43.1 Å². The Balaban J connectivity index is 1.44. The highest BCUT2D eigenvalue weighted by Gasteiger charge is 2.22. The Labute approximate surface area is 161 Å². The minimum Gasteiger partial charge on any atom is -0.497 e. The zero-order valence-corrected chi connectivity index (χ0v) is 16.1. The molecule has 2 unspecified atom stereocenters. The summed E-state index contributed by atoms with van der Waals surface area (Å²) in [6.45, 7) is 2.77. The summed E-state index contributed by atoms with van der Waals surface area (Å²) in [5, 5.41) is 3.63. The lowest BCUT2D eigenvalue weighted by Gasteiger charge is -2.30. The summed E-state index contributed by atoms with van der Waals surface area (Å²) in [4.78, 5) is 0. The first-order valence-electron chi connectivity index (χ1n) is 9.46. The summed E-state index contributed by atoms with van der Waals surface area (Å²) >= 11 is 0. The molecule has 27 heavy (non-hydrogen) atoms. The summed E-state index contributed by atoms with van der Waals surface area (Å²) in [6, 6.07) is 16.6. The maximum Gasteiger partial charge on any atom is 0.127 e. The molecule has 1 N–H and O–H groups in total. The van der Waals surface area contributed by atoms with Gasteiger partial charge in [-0.25, -0.2) is 0 Å². The molecule has 3 rings (SSSR count). The van der Waals surface area contributed by atoms with Crippen molar-refractivity contribution in [3.05, 3.63) is 59.7 Å². The fraction of sp³-hybridized carbons (Fsp3) is 0.455. The Kier molecular flexibility index (Phi) is 7.51. The second-order valence-electron chi connectivity index (χ2n) is 6.77. The molecule has 5 nitrogen and oxygen atoms in total. The number of ether oxygens (including phenoxy) is 4. The molecule has 2 aromatic rings. The molecular formula is C22H29NO4. The van der Waals surface area contributed by atoms with Gasteiger partial charge in [-0.2, -0.15) is 0 Å². The van der Waals surface area contributed by atoms with Gasteiger partial charge in [-0.15, -0.1) is 0 Å². The summed E-state index contributed by atoms with van der Waals surface area (Å²) in [7, 11) is 3.35. The molecule has 0 spiro atoms. The van der Waals surface area contributed by atoms with E-state index < -0.39 is 0 Å². The Morgan fingerprint density at radius 3 is 2.70 bits per heavy atom.